The number of fused-ring (bicyclic) bond motifs is 1. The van der Waals surface area contributed by atoms with Gasteiger partial charge in [0, 0.05) is 12.5 Å². The summed E-state index contributed by atoms with van der Waals surface area (Å²) in [7, 11) is 0. The molecule has 0 saturated carbocycles. The average molecular weight is 286 g/mol. The first-order valence-electron chi connectivity index (χ1n) is 6.18. The SMILES string of the molecule is CC(=O)N1Cc2nc(-c3ccc(F)cc3)nnc2NC1=N. The predicted molar refractivity (Wildman–Crippen MR) is 72.8 cm³/mol. The van der Waals surface area contributed by atoms with Crippen LogP contribution in [0.15, 0.2) is 24.3 Å². The van der Waals surface area contributed by atoms with Gasteiger partial charge in [0.25, 0.3) is 0 Å². The van der Waals surface area contributed by atoms with Crippen LogP contribution in [0.25, 0.3) is 11.4 Å². The van der Waals surface area contributed by atoms with Crippen molar-refractivity contribution in [3.8, 4) is 11.4 Å². The Hall–Kier alpha value is -2.90. The van der Waals surface area contributed by atoms with E-state index in [-0.39, 0.29) is 24.2 Å². The Kier molecular flexibility index (Phi) is 3.05. The summed E-state index contributed by atoms with van der Waals surface area (Å²) in [5, 5.41) is 18.3. The van der Waals surface area contributed by atoms with Crippen molar-refractivity contribution in [2.75, 3.05) is 5.32 Å². The Labute approximate surface area is 119 Å². The van der Waals surface area contributed by atoms with Crippen LogP contribution >= 0.6 is 0 Å². The van der Waals surface area contributed by atoms with Crippen LogP contribution in [-0.2, 0) is 11.3 Å². The molecule has 1 aromatic carbocycles. The van der Waals surface area contributed by atoms with Gasteiger partial charge in [0.1, 0.15) is 11.5 Å². The molecule has 2 N–H and O–H groups in total. The standard InChI is InChI=1S/C13H11FN6O/c1-7(21)20-6-10-12(17-13(20)15)19-18-11(16-10)8-2-4-9(14)5-3-8/h2-5H,6H2,1H3,(H2,15,17,19). The molecule has 1 amide bonds. The normalized spacial score (nSPS) is 13.6. The van der Waals surface area contributed by atoms with Crippen LogP contribution in [0.5, 0.6) is 0 Å². The van der Waals surface area contributed by atoms with E-state index in [4.69, 9.17) is 5.41 Å². The Bertz CT molecular complexity index is 730. The summed E-state index contributed by atoms with van der Waals surface area (Å²) in [5.41, 5.74) is 1.14. The molecule has 106 valence electrons. The minimum atomic E-state index is -0.345. The molecule has 1 aromatic heterocycles. The van der Waals surface area contributed by atoms with E-state index in [2.05, 4.69) is 20.5 Å². The highest BCUT2D eigenvalue weighted by atomic mass is 19.1. The van der Waals surface area contributed by atoms with Crippen LogP contribution in [0.2, 0.25) is 0 Å². The molecule has 3 rings (SSSR count). The van der Waals surface area contributed by atoms with Crippen molar-refractivity contribution in [2.24, 2.45) is 0 Å². The number of aromatic nitrogens is 3. The zero-order valence-corrected chi connectivity index (χ0v) is 11.1. The van der Waals surface area contributed by atoms with Crippen molar-refractivity contribution in [3.63, 3.8) is 0 Å². The first-order chi connectivity index (χ1) is 10.0. The van der Waals surface area contributed by atoms with Crippen molar-refractivity contribution < 1.29 is 9.18 Å². The summed E-state index contributed by atoms with van der Waals surface area (Å²) in [6.07, 6.45) is 0. The summed E-state index contributed by atoms with van der Waals surface area (Å²) in [6, 6.07) is 5.74. The van der Waals surface area contributed by atoms with E-state index in [1.807, 2.05) is 0 Å². The first kappa shape index (κ1) is 13.1. The van der Waals surface area contributed by atoms with E-state index >= 15 is 0 Å². The van der Waals surface area contributed by atoms with Gasteiger partial charge in [0.2, 0.25) is 11.9 Å². The number of guanidine groups is 1. The molecule has 0 radical (unpaired) electrons. The van der Waals surface area contributed by atoms with Gasteiger partial charge in [0.15, 0.2) is 11.6 Å². The number of rotatable bonds is 1. The molecule has 1 aliphatic heterocycles. The number of halogens is 1. The topological polar surface area (TPSA) is 94.9 Å². The molecule has 0 aliphatic carbocycles. The van der Waals surface area contributed by atoms with E-state index in [1.165, 1.54) is 24.0 Å². The Balaban J connectivity index is 1.98. The molecular formula is C13H11FN6O. The monoisotopic (exact) mass is 286 g/mol. The molecule has 0 atom stereocenters. The van der Waals surface area contributed by atoms with E-state index in [0.717, 1.165) is 0 Å². The van der Waals surface area contributed by atoms with Gasteiger partial charge in [-0.25, -0.2) is 9.37 Å². The smallest absolute Gasteiger partial charge is 0.226 e. The maximum Gasteiger partial charge on any atom is 0.226 e. The summed E-state index contributed by atoms with van der Waals surface area (Å²) >= 11 is 0. The fourth-order valence-corrected chi connectivity index (χ4v) is 1.96. The number of hydrogen-bond donors (Lipinski definition) is 2. The lowest BCUT2D eigenvalue weighted by molar-refractivity contribution is -0.125. The summed E-state index contributed by atoms with van der Waals surface area (Å²) < 4.78 is 12.9. The maximum absolute atomic E-state index is 12.9. The zero-order valence-electron chi connectivity index (χ0n) is 11.1. The van der Waals surface area contributed by atoms with Crippen molar-refractivity contribution in [1.82, 2.24) is 20.1 Å². The molecule has 0 bridgehead atoms. The summed E-state index contributed by atoms with van der Waals surface area (Å²) in [6.45, 7) is 1.52. The highest BCUT2D eigenvalue weighted by molar-refractivity contribution is 6.03. The van der Waals surface area contributed by atoms with Gasteiger partial charge in [-0.3, -0.25) is 15.1 Å². The molecule has 0 saturated heterocycles. The fraction of sp³-hybridized carbons (Fsp3) is 0.154. The summed E-state index contributed by atoms with van der Waals surface area (Å²) in [4.78, 5) is 17.0. The lowest BCUT2D eigenvalue weighted by Crippen LogP contribution is -2.43. The minimum absolute atomic E-state index is 0.0550. The molecule has 2 aromatic rings. The average Bonchev–Trinajstić information content (AvgIpc) is 2.46. The fourth-order valence-electron chi connectivity index (χ4n) is 1.96. The lowest BCUT2D eigenvalue weighted by Gasteiger charge is -2.27. The molecule has 8 heteroatoms. The van der Waals surface area contributed by atoms with Crippen LogP contribution < -0.4 is 5.32 Å². The van der Waals surface area contributed by atoms with E-state index < -0.39 is 0 Å². The van der Waals surface area contributed by atoms with Gasteiger partial charge < -0.3 is 5.32 Å². The third kappa shape index (κ3) is 2.42. The second-order valence-electron chi connectivity index (χ2n) is 4.52. The first-order valence-corrected chi connectivity index (χ1v) is 6.18. The Morgan fingerprint density at radius 2 is 2.05 bits per heavy atom. The highest BCUT2D eigenvalue weighted by Crippen LogP contribution is 2.21. The Morgan fingerprint density at radius 3 is 2.71 bits per heavy atom. The molecule has 0 unspecified atom stereocenters. The Morgan fingerprint density at radius 1 is 1.33 bits per heavy atom. The number of anilines is 1. The zero-order chi connectivity index (χ0) is 15.0. The summed E-state index contributed by atoms with van der Waals surface area (Å²) in [5.74, 6) is 0.0270. The third-order valence-corrected chi connectivity index (χ3v) is 3.06. The third-order valence-electron chi connectivity index (χ3n) is 3.06. The molecular weight excluding hydrogens is 275 g/mol. The van der Waals surface area contributed by atoms with Gasteiger partial charge in [-0.2, -0.15) is 0 Å². The van der Waals surface area contributed by atoms with Crippen molar-refractivity contribution in [3.05, 3.63) is 35.8 Å². The molecule has 2 heterocycles. The maximum atomic E-state index is 12.9. The molecule has 21 heavy (non-hydrogen) atoms. The second kappa shape index (κ2) is 4.89. The number of benzene rings is 1. The number of carbonyl (C=O) groups is 1. The van der Waals surface area contributed by atoms with Crippen LogP contribution in [-0.4, -0.2) is 31.9 Å². The number of amides is 1. The van der Waals surface area contributed by atoms with Crippen LogP contribution in [0.1, 0.15) is 12.6 Å². The van der Waals surface area contributed by atoms with E-state index in [1.54, 1.807) is 12.1 Å². The molecule has 1 aliphatic rings. The van der Waals surface area contributed by atoms with Gasteiger partial charge in [-0.1, -0.05) is 0 Å². The number of nitrogens with zero attached hydrogens (tertiary/aromatic N) is 4. The highest BCUT2D eigenvalue weighted by Gasteiger charge is 2.25. The number of hydrogen-bond acceptors (Lipinski definition) is 5. The van der Waals surface area contributed by atoms with Gasteiger partial charge in [-0.15, -0.1) is 10.2 Å². The number of nitrogens with one attached hydrogen (secondary N) is 2. The van der Waals surface area contributed by atoms with E-state index in [9.17, 15) is 9.18 Å². The second-order valence-corrected chi connectivity index (χ2v) is 4.52. The minimum Gasteiger partial charge on any atom is -0.308 e. The van der Waals surface area contributed by atoms with Gasteiger partial charge in [-0.05, 0) is 24.3 Å². The molecule has 0 spiro atoms. The van der Waals surface area contributed by atoms with Gasteiger partial charge >= 0.3 is 0 Å². The molecule has 7 nitrogen and oxygen atoms in total. The predicted octanol–water partition coefficient (Wildman–Crippen LogP) is 1.39. The molecule has 0 fully saturated rings. The largest absolute Gasteiger partial charge is 0.308 e. The lowest BCUT2D eigenvalue weighted by atomic mass is 10.2. The van der Waals surface area contributed by atoms with Crippen LogP contribution in [0, 0.1) is 11.2 Å². The van der Waals surface area contributed by atoms with Crippen molar-refractivity contribution >= 4 is 17.7 Å². The van der Waals surface area contributed by atoms with Crippen LogP contribution in [0.3, 0.4) is 0 Å². The van der Waals surface area contributed by atoms with Crippen LogP contribution in [0.4, 0.5) is 10.2 Å². The van der Waals surface area contributed by atoms with Crippen molar-refractivity contribution in [1.29, 1.82) is 5.41 Å². The van der Waals surface area contributed by atoms with Crippen molar-refractivity contribution in [2.45, 2.75) is 13.5 Å². The van der Waals surface area contributed by atoms with E-state index in [0.29, 0.717) is 22.9 Å². The number of carbonyl (C=O) groups excluding carboxylic acids is 1. The quantitative estimate of drug-likeness (QED) is 0.826. The van der Waals surface area contributed by atoms with Gasteiger partial charge in [0.05, 0.1) is 6.54 Å².